The number of carbonyl (C=O) groups is 3. The van der Waals surface area contributed by atoms with E-state index in [1.807, 2.05) is 0 Å². The van der Waals surface area contributed by atoms with E-state index in [0.717, 1.165) is 12.8 Å². The smallest absolute Gasteiger partial charge is 0.352 e. The molecule has 0 radical (unpaired) electrons. The minimum atomic E-state index is -4.70. The lowest BCUT2D eigenvalue weighted by molar-refractivity contribution is -0.162. The fourth-order valence-corrected chi connectivity index (χ4v) is 7.52. The van der Waals surface area contributed by atoms with Gasteiger partial charge in [-0.3, -0.25) is 41.8 Å². The van der Waals surface area contributed by atoms with E-state index < -0.39 is 75.1 Å². The number of rotatable bonds is 19. The summed E-state index contributed by atoms with van der Waals surface area (Å²) >= 11 is 0. The van der Waals surface area contributed by atoms with Crippen molar-refractivity contribution < 1.29 is 51.3 Å². The van der Waals surface area contributed by atoms with Crippen molar-refractivity contribution in [1.82, 2.24) is 15.0 Å². The lowest BCUT2D eigenvalue weighted by atomic mass is 9.98. The molecule has 2 unspecified atom stereocenters. The highest BCUT2D eigenvalue weighted by molar-refractivity contribution is 7.68. The Bertz CT molecular complexity index is 1390. The number of aromatic nitrogens is 3. The Hall–Kier alpha value is -2.63. The number of hydrogen-bond acceptors (Lipinski definition) is 13. The maximum atomic E-state index is 14.7. The van der Waals surface area contributed by atoms with Crippen LogP contribution in [0.15, 0.2) is 29.5 Å². The normalized spacial score (nSPS) is 14.8. The highest BCUT2D eigenvalue weighted by Crippen LogP contribution is 2.70. The molecule has 0 spiro atoms. The van der Waals surface area contributed by atoms with Crippen LogP contribution >= 0.6 is 15.6 Å². The summed E-state index contributed by atoms with van der Waals surface area (Å²) < 4.78 is 62.6. The van der Waals surface area contributed by atoms with Gasteiger partial charge in [0.05, 0.1) is 21.9 Å². The number of aryl methyl sites for hydroxylation is 1. The fourth-order valence-electron chi connectivity index (χ4n) is 3.86. The number of esters is 3. The number of ether oxygens (including phenoxy) is 3. The molecule has 16 heteroatoms. The minimum Gasteiger partial charge on any atom is -0.438 e. The topological polar surface area (TPSA) is 171 Å². The number of carbonyl (C=O) groups excluding carboxylic acids is 3. The van der Waals surface area contributed by atoms with E-state index >= 15 is 0 Å². The molecule has 0 fully saturated rings. The zero-order valence-electron chi connectivity index (χ0n) is 32.2. The summed E-state index contributed by atoms with van der Waals surface area (Å²) in [5, 5.41) is 8.38. The summed E-state index contributed by atoms with van der Waals surface area (Å²) in [6, 6.07) is 0. The summed E-state index contributed by atoms with van der Waals surface area (Å²) in [7, 11) is -8.22. The highest BCUT2D eigenvalue weighted by Gasteiger charge is 2.54. The van der Waals surface area contributed by atoms with E-state index in [0.29, 0.717) is 13.0 Å². The van der Waals surface area contributed by atoms with Crippen LogP contribution in [0.5, 0.6) is 0 Å². The zero-order chi connectivity index (χ0) is 38.6. The van der Waals surface area contributed by atoms with E-state index in [9.17, 15) is 23.5 Å². The SMILES string of the molecule is CC(C)=CCC/C(C)=C/CCn1cc(CC(C)([PH](=O)OCOC(=O)C(C)(C)C)P(=O)(OCOC(=O)C(C)(C)C)OCOC(=O)C(C)(C)C)nn1. The molecular weight excluding hydrogens is 688 g/mol. The van der Waals surface area contributed by atoms with Crippen LogP contribution in [0.3, 0.4) is 0 Å². The third-order valence-corrected chi connectivity index (χ3v) is 12.2. The zero-order valence-corrected chi connectivity index (χ0v) is 34.1. The number of hydrogen-bond donors (Lipinski definition) is 0. The van der Waals surface area contributed by atoms with Crippen LogP contribution in [0.25, 0.3) is 0 Å². The second kappa shape index (κ2) is 19.3. The first kappa shape index (κ1) is 45.4. The lowest BCUT2D eigenvalue weighted by Crippen LogP contribution is -2.31. The molecule has 1 aromatic heterocycles. The van der Waals surface area contributed by atoms with Gasteiger partial charge in [0.1, 0.15) is 4.90 Å². The summed E-state index contributed by atoms with van der Waals surface area (Å²) in [6.07, 6.45) is 8.21. The third kappa shape index (κ3) is 15.3. The standard InChI is InChI=1S/C34H59N3O11P2/c1-25(2)16-14-17-26(3)18-15-19-37-21-27(35-36-37)20-34(13,49(41)46-22-43-28(38)31(4,5)6)50(42,47-23-44-29(39)32(7,8)9)48-24-45-30(40)33(10,11)12/h16,18,21,49H,14-15,17,19-20,22-24H2,1-13H3/b26-18+. The molecule has 2 atom stereocenters. The first-order valence-corrected chi connectivity index (χ1v) is 19.4. The first-order valence-electron chi connectivity index (χ1n) is 16.6. The fraction of sp³-hybridized carbons (Fsp3) is 0.735. The minimum absolute atomic E-state index is 0.274. The van der Waals surface area contributed by atoms with Gasteiger partial charge < -0.3 is 14.2 Å². The molecule has 0 saturated carbocycles. The van der Waals surface area contributed by atoms with Crippen molar-refractivity contribution in [3.63, 3.8) is 0 Å². The van der Waals surface area contributed by atoms with E-state index in [4.69, 9.17) is 27.8 Å². The molecule has 286 valence electrons. The van der Waals surface area contributed by atoms with Gasteiger partial charge in [0.25, 0.3) is 0 Å². The predicted molar refractivity (Wildman–Crippen MR) is 190 cm³/mol. The number of allylic oxidation sites excluding steroid dienone is 4. The van der Waals surface area contributed by atoms with E-state index in [1.165, 1.54) is 18.1 Å². The molecule has 0 aliphatic carbocycles. The second-order valence-corrected chi connectivity index (χ2v) is 20.6. The Balaban J connectivity index is 3.42. The van der Waals surface area contributed by atoms with Crippen molar-refractivity contribution in [3.05, 3.63) is 35.2 Å². The van der Waals surface area contributed by atoms with Crippen LogP contribution < -0.4 is 0 Å². The summed E-state index contributed by atoms with van der Waals surface area (Å²) in [5.41, 5.74) is 0.103. The van der Waals surface area contributed by atoms with Crippen LogP contribution in [-0.2, 0) is 64.3 Å². The van der Waals surface area contributed by atoms with Gasteiger partial charge in [-0.15, -0.1) is 5.10 Å². The van der Waals surface area contributed by atoms with Crippen molar-refractivity contribution in [1.29, 1.82) is 0 Å². The maximum Gasteiger partial charge on any atom is 0.352 e. The number of nitrogens with zero attached hydrogens (tertiary/aromatic N) is 3. The Morgan fingerprint density at radius 1 is 0.780 bits per heavy atom. The van der Waals surface area contributed by atoms with Crippen molar-refractivity contribution in [2.75, 3.05) is 20.4 Å². The molecule has 0 N–H and O–H groups in total. The second-order valence-electron chi connectivity index (χ2n) is 15.7. The van der Waals surface area contributed by atoms with Crippen molar-refractivity contribution in [3.8, 4) is 0 Å². The summed E-state index contributed by atoms with van der Waals surface area (Å²) in [5.74, 6) is -1.93. The van der Waals surface area contributed by atoms with E-state index in [1.54, 1.807) is 73.2 Å². The van der Waals surface area contributed by atoms with Crippen molar-refractivity contribution >= 4 is 33.5 Å². The monoisotopic (exact) mass is 747 g/mol. The molecule has 50 heavy (non-hydrogen) atoms. The van der Waals surface area contributed by atoms with Gasteiger partial charge in [0.15, 0.2) is 6.79 Å². The molecule has 0 aliphatic heterocycles. The molecular formula is C34H59N3O11P2. The molecule has 1 heterocycles. The van der Waals surface area contributed by atoms with Crippen LogP contribution in [0.4, 0.5) is 0 Å². The van der Waals surface area contributed by atoms with E-state index in [2.05, 4.69) is 43.2 Å². The van der Waals surface area contributed by atoms with Gasteiger partial charge in [-0.25, -0.2) is 0 Å². The molecule has 1 aromatic rings. The molecule has 0 saturated heterocycles. The van der Waals surface area contributed by atoms with Gasteiger partial charge in [0, 0.05) is 19.2 Å². The largest absolute Gasteiger partial charge is 0.438 e. The Morgan fingerprint density at radius 2 is 1.26 bits per heavy atom. The van der Waals surface area contributed by atoms with Gasteiger partial charge >= 0.3 is 25.5 Å². The average molecular weight is 748 g/mol. The van der Waals surface area contributed by atoms with Crippen molar-refractivity contribution in [2.24, 2.45) is 16.2 Å². The van der Waals surface area contributed by atoms with Crippen molar-refractivity contribution in [2.45, 2.75) is 127 Å². The van der Waals surface area contributed by atoms with Gasteiger partial charge in [-0.2, -0.15) is 0 Å². The molecule has 1 rings (SSSR count). The average Bonchev–Trinajstić information content (AvgIpc) is 3.41. The Labute approximate surface area is 298 Å². The quantitative estimate of drug-likeness (QED) is 0.0439. The van der Waals surface area contributed by atoms with Gasteiger partial charge in [0.2, 0.25) is 21.6 Å². The van der Waals surface area contributed by atoms with Crippen LogP contribution in [0, 0.1) is 16.2 Å². The molecule has 0 aromatic carbocycles. The van der Waals surface area contributed by atoms with Gasteiger partial charge in [-0.05, 0) is 109 Å². The van der Waals surface area contributed by atoms with Crippen LogP contribution in [0.1, 0.15) is 115 Å². The Kier molecular flexibility index (Phi) is 17.5. The van der Waals surface area contributed by atoms with Gasteiger partial charge in [-0.1, -0.05) is 28.5 Å². The summed E-state index contributed by atoms with van der Waals surface area (Å²) in [6.45, 7) is 20.3. The lowest BCUT2D eigenvalue weighted by Gasteiger charge is -2.34. The Morgan fingerprint density at radius 3 is 1.72 bits per heavy atom. The molecule has 0 bridgehead atoms. The summed E-state index contributed by atoms with van der Waals surface area (Å²) in [4.78, 5) is 35.3. The third-order valence-electron chi connectivity index (χ3n) is 7.14. The predicted octanol–water partition coefficient (Wildman–Crippen LogP) is 7.98. The van der Waals surface area contributed by atoms with E-state index in [-0.39, 0.29) is 12.1 Å². The first-order chi connectivity index (χ1) is 22.8. The molecule has 14 nitrogen and oxygen atoms in total. The van der Waals surface area contributed by atoms with Crippen LogP contribution in [0.2, 0.25) is 0 Å². The molecule has 0 aliphatic rings. The maximum absolute atomic E-state index is 14.7. The highest BCUT2D eigenvalue weighted by atomic mass is 31.2. The molecule has 0 amide bonds. The van der Waals surface area contributed by atoms with Crippen LogP contribution in [-0.4, -0.2) is 58.2 Å².